The summed E-state index contributed by atoms with van der Waals surface area (Å²) < 4.78 is 0. The van der Waals surface area contributed by atoms with Gasteiger partial charge in [0.25, 0.3) is 0 Å². The highest BCUT2D eigenvalue weighted by atomic mass is 14.4. The van der Waals surface area contributed by atoms with Crippen molar-refractivity contribution in [1.29, 1.82) is 105 Å². The molecule has 0 saturated heterocycles. The van der Waals surface area contributed by atoms with E-state index < -0.39 is 0 Å². The zero-order valence-electron chi connectivity index (χ0n) is 79.9. The molecule has 0 spiro atoms. The summed E-state index contributed by atoms with van der Waals surface area (Å²) in [5.74, 6) is 0. The fraction of sp³-hybridized carbons (Fsp3) is 0.315. The van der Waals surface area contributed by atoms with Gasteiger partial charge in [-0.1, -0.05) is 0 Å². The van der Waals surface area contributed by atoms with Crippen molar-refractivity contribution in [1.82, 2.24) is 0 Å². The Balaban J connectivity index is 0.000000720. The Kier molecular flexibility index (Phi) is 40.7. The molecule has 9 rings (SSSR count). The molecule has 20 nitrogen and oxygen atoms in total. The zero-order valence-corrected chi connectivity index (χ0v) is 79.9. The Morgan fingerprint density at radius 2 is 0.117 bits per heavy atom. The van der Waals surface area contributed by atoms with Crippen LogP contribution in [0.2, 0.25) is 0 Å². The Hall–Kier alpha value is -17.2. The molecule has 0 aliphatic carbocycles. The highest BCUT2D eigenvalue weighted by Gasteiger charge is 2.24. The van der Waals surface area contributed by atoms with Crippen LogP contribution in [0, 0.1) is 462 Å². The van der Waals surface area contributed by atoms with Gasteiger partial charge in [0.05, 0.1) is 172 Å². The molecule has 0 N–H and O–H groups in total. The van der Waals surface area contributed by atoms with E-state index in [9.17, 15) is 0 Å². The van der Waals surface area contributed by atoms with Gasteiger partial charge in [0, 0.05) is 0 Å². The first-order valence-corrected chi connectivity index (χ1v) is 40.0. The van der Waals surface area contributed by atoms with Crippen molar-refractivity contribution in [3.8, 4) is 121 Å². The zero-order chi connectivity index (χ0) is 99.3. The van der Waals surface area contributed by atoms with Gasteiger partial charge >= 0.3 is 0 Å². The minimum absolute atomic E-state index is 0.176. The number of nitriles is 20. The second-order valence-corrected chi connectivity index (χ2v) is 31.0. The van der Waals surface area contributed by atoms with Gasteiger partial charge in [-0.3, -0.25) is 0 Å². The van der Waals surface area contributed by atoms with E-state index in [0.717, 1.165) is 145 Å². The van der Waals surface area contributed by atoms with Gasteiger partial charge in [-0.05, 0) is 425 Å². The lowest BCUT2D eigenvalue weighted by molar-refractivity contribution is 1.16. The van der Waals surface area contributed by atoms with Crippen molar-refractivity contribution < 1.29 is 0 Å². The summed E-state index contributed by atoms with van der Waals surface area (Å²) in [6, 6.07) is 41.5. The fourth-order valence-corrected chi connectivity index (χ4v) is 14.7. The van der Waals surface area contributed by atoms with Crippen LogP contribution in [0.5, 0.6) is 0 Å². The standard InChI is InChI=1S/C12H6N4.2C12H9N3.4C12H12N2.2C12H15N/c1-7-9(3-13)11(5-15)8(2)12(6-16)10(7)4-14;2*1-7-8(2)11(5-14)12(6-15)9(3)10(7)4-13;1-7-8(2)12(6-14)10(4)9(3)11(7)5-13;2*1-7-8(2)11(5-13)10(4)12(6-14)9(7)3;1-7-8(2)10(4)12(6-14)11(5-13)9(7)3;2*1-7-8(2)10(4)12(6-13)11(5)9(7)3/h1-2H3;2*1-3H3;4*1-4H3;2*1-5H3. The molecule has 0 aliphatic heterocycles. The van der Waals surface area contributed by atoms with Crippen LogP contribution in [-0.2, 0) is 0 Å². The van der Waals surface area contributed by atoms with Gasteiger partial charge in [-0.25, -0.2) is 0 Å². The molecular weight excluding hydrogens is 1580 g/mol. The predicted molar refractivity (Wildman–Crippen MR) is 493 cm³/mol. The molecule has 0 atom stereocenters. The van der Waals surface area contributed by atoms with Crippen LogP contribution in [0.15, 0.2) is 0 Å². The fourth-order valence-electron chi connectivity index (χ4n) is 14.7. The third-order valence-electron chi connectivity index (χ3n) is 25.4. The van der Waals surface area contributed by atoms with Crippen molar-refractivity contribution in [2.45, 2.75) is 235 Å². The van der Waals surface area contributed by atoms with Crippen molar-refractivity contribution in [2.24, 2.45) is 0 Å². The van der Waals surface area contributed by atoms with Gasteiger partial charge in [0.15, 0.2) is 0 Å². The van der Waals surface area contributed by atoms with Crippen LogP contribution in [0.1, 0.15) is 300 Å². The largest absolute Gasteiger partial charge is 0.192 e. The summed E-state index contributed by atoms with van der Waals surface area (Å²) in [6.07, 6.45) is 0. The molecule has 9 aromatic carbocycles. The SMILES string of the molecule is Cc1c(C#N)c(C#N)c(C)c(C#N)c1C#N.Cc1c(C)c(C#N)c(C#N)c(C)c1C#N.Cc1c(C)c(C#N)c(C#N)c(C)c1C#N.Cc1c(C)c(C#N)c(C)c(C#N)c1C.Cc1c(C)c(C#N)c(C)c(C#N)c1C.Cc1c(C)c(C#N)c(C)c(C)c1C#N.Cc1c(C)c(C)c(C#N)c(C#N)c1C.Cc1c(C)c(C)c(C#N)c(C)c1C.Cc1c(C)c(C)c(C#N)c(C)c1C. The maximum Gasteiger partial charge on any atom is 0.101 e. The lowest BCUT2D eigenvalue weighted by Gasteiger charge is -2.13. The number of benzene rings is 9. The van der Waals surface area contributed by atoms with Gasteiger partial charge in [0.1, 0.15) is 60.7 Å². The van der Waals surface area contributed by atoms with Crippen LogP contribution < -0.4 is 0 Å². The smallest absolute Gasteiger partial charge is 0.101 e. The van der Waals surface area contributed by atoms with E-state index in [-0.39, 0.29) is 22.3 Å². The van der Waals surface area contributed by atoms with E-state index >= 15 is 0 Å². The Bertz CT molecular complexity index is 6430. The summed E-state index contributed by atoms with van der Waals surface area (Å²) in [6.45, 7) is 64.9. The number of hydrogen-bond acceptors (Lipinski definition) is 20. The molecule has 0 aromatic heterocycles. The predicted octanol–water partition coefficient (Wildman–Crippen LogP) is 23.1. The quantitative estimate of drug-likeness (QED) is 0.136. The lowest BCUT2D eigenvalue weighted by atomic mass is 9.89. The van der Waals surface area contributed by atoms with E-state index in [2.05, 4.69) is 114 Å². The van der Waals surface area contributed by atoms with Crippen LogP contribution in [-0.4, -0.2) is 0 Å². The molecule has 0 amide bonds. The molecule has 20 heteroatoms. The average molecular weight is 1680 g/mol. The van der Waals surface area contributed by atoms with Crippen molar-refractivity contribution in [3.05, 3.63) is 300 Å². The Morgan fingerprint density at radius 1 is 0.0703 bits per heavy atom. The summed E-state index contributed by atoms with van der Waals surface area (Å²) in [4.78, 5) is 0. The molecule has 0 radical (unpaired) electrons. The van der Waals surface area contributed by atoms with Crippen LogP contribution in [0.4, 0.5) is 0 Å². The van der Waals surface area contributed by atoms with E-state index in [4.69, 9.17) is 105 Å². The maximum atomic E-state index is 8.99. The van der Waals surface area contributed by atoms with E-state index in [1.165, 1.54) is 33.4 Å². The first kappa shape index (κ1) is 109. The molecule has 0 bridgehead atoms. The summed E-state index contributed by atoms with van der Waals surface area (Å²) in [5.41, 5.74) is 42.4. The molecule has 128 heavy (non-hydrogen) atoms. The second-order valence-electron chi connectivity index (χ2n) is 31.0. The minimum Gasteiger partial charge on any atom is -0.192 e. The minimum atomic E-state index is 0.176. The van der Waals surface area contributed by atoms with Crippen LogP contribution in [0.25, 0.3) is 0 Å². The van der Waals surface area contributed by atoms with E-state index in [1.54, 1.807) is 55.4 Å². The molecule has 0 saturated carbocycles. The van der Waals surface area contributed by atoms with Gasteiger partial charge in [-0.15, -0.1) is 0 Å². The summed E-state index contributed by atoms with van der Waals surface area (Å²) >= 11 is 0. The van der Waals surface area contributed by atoms with E-state index in [1.807, 2.05) is 187 Å². The van der Waals surface area contributed by atoms with Gasteiger partial charge in [-0.2, -0.15) is 105 Å². The molecule has 9 aromatic rings. The highest BCUT2D eigenvalue weighted by molar-refractivity contribution is 5.69. The average Bonchev–Trinajstić information content (AvgIpc) is 0.790. The first-order chi connectivity index (χ1) is 59.9. The summed E-state index contributed by atoms with van der Waals surface area (Å²) in [5, 5.41) is 179. The van der Waals surface area contributed by atoms with Crippen molar-refractivity contribution >= 4 is 0 Å². The third-order valence-corrected chi connectivity index (χ3v) is 25.4. The van der Waals surface area contributed by atoms with Crippen LogP contribution in [0.3, 0.4) is 0 Å². The normalized spacial score (nSPS) is 9.17. The number of rotatable bonds is 0. The topological polar surface area (TPSA) is 476 Å². The second kappa shape index (κ2) is 47.8. The van der Waals surface area contributed by atoms with Gasteiger partial charge < -0.3 is 0 Å². The number of hydrogen-bond donors (Lipinski definition) is 0. The van der Waals surface area contributed by atoms with Crippen molar-refractivity contribution in [3.63, 3.8) is 0 Å². The summed E-state index contributed by atoms with van der Waals surface area (Å²) in [7, 11) is 0. The lowest BCUT2D eigenvalue weighted by Crippen LogP contribution is -2.01. The van der Waals surface area contributed by atoms with Crippen LogP contribution >= 0.6 is 0 Å². The Morgan fingerprint density at radius 3 is 0.227 bits per heavy atom. The van der Waals surface area contributed by atoms with Gasteiger partial charge in [0.2, 0.25) is 0 Å². The first-order valence-electron chi connectivity index (χ1n) is 40.0. The molecule has 0 unspecified atom stereocenters. The third kappa shape index (κ3) is 22.2. The number of nitrogens with zero attached hydrogens (tertiary/aromatic N) is 20. The maximum absolute atomic E-state index is 8.99. The monoisotopic (exact) mass is 1680 g/mol. The van der Waals surface area contributed by atoms with E-state index in [0.29, 0.717) is 100 Å². The molecule has 0 heterocycles. The molecule has 634 valence electrons. The van der Waals surface area contributed by atoms with Crippen molar-refractivity contribution in [2.75, 3.05) is 0 Å². The Labute approximate surface area is 757 Å². The molecule has 0 fully saturated rings. The molecular formula is C108H102N20. The highest BCUT2D eigenvalue weighted by Crippen LogP contribution is 2.34. The molecule has 0 aliphatic rings.